The molecule has 5 fully saturated rings. The van der Waals surface area contributed by atoms with Crippen molar-refractivity contribution >= 4 is 0 Å². The molecule has 2 aliphatic heterocycles. The van der Waals surface area contributed by atoms with Gasteiger partial charge in [0.1, 0.15) is 0 Å². The third-order valence-electron chi connectivity index (χ3n) is 18.8. The van der Waals surface area contributed by atoms with Crippen LogP contribution in [0, 0.1) is 75.9 Å². The van der Waals surface area contributed by atoms with Crippen LogP contribution in [0.3, 0.4) is 0 Å². The average Bonchev–Trinajstić information content (AvgIpc) is 3.56. The van der Waals surface area contributed by atoms with Gasteiger partial charge in [-0.1, -0.05) is 67.0 Å². The van der Waals surface area contributed by atoms with E-state index in [1.165, 1.54) is 135 Å². The molecule has 11 aliphatic rings. The van der Waals surface area contributed by atoms with E-state index in [1.54, 1.807) is 16.7 Å². The summed E-state index contributed by atoms with van der Waals surface area (Å²) in [6.45, 7) is 0. The fourth-order valence-corrected chi connectivity index (χ4v) is 16.5. The van der Waals surface area contributed by atoms with Crippen molar-refractivity contribution in [2.75, 3.05) is 0 Å². The number of hydrogen-bond acceptors (Lipinski definition) is 4. The molecule has 0 bridgehead atoms. The number of nitrogens with zero attached hydrogens (tertiary/aromatic N) is 1. The van der Waals surface area contributed by atoms with Crippen molar-refractivity contribution in [3.8, 4) is 6.07 Å². The van der Waals surface area contributed by atoms with Gasteiger partial charge in [0, 0.05) is 23.4 Å². The number of fused-ring (bicyclic) bond motifs is 9. The van der Waals surface area contributed by atoms with Gasteiger partial charge in [0.15, 0.2) is 0 Å². The molecule has 1 spiro atoms. The molecule has 0 aromatic heterocycles. The minimum atomic E-state index is 0.0881. The summed E-state index contributed by atoms with van der Waals surface area (Å²) in [5.74, 6) is 6.62. The zero-order valence-corrected chi connectivity index (χ0v) is 34.4. The van der Waals surface area contributed by atoms with Crippen molar-refractivity contribution < 1.29 is 4.74 Å². The Labute approximate surface area is 339 Å². The maximum Gasteiger partial charge on any atom is 0.0834 e. The van der Waals surface area contributed by atoms with Crippen LogP contribution in [0.4, 0.5) is 0 Å². The highest BCUT2D eigenvalue weighted by molar-refractivity contribution is 5.55. The molecule has 0 aromatic rings. The predicted octanol–water partition coefficient (Wildman–Crippen LogP) is 11.6. The summed E-state index contributed by atoms with van der Waals surface area (Å²) < 4.78 is 7.13. The summed E-state index contributed by atoms with van der Waals surface area (Å²) in [6.07, 6.45) is 50.7. The number of nitrogens with one attached hydrogen (secondary N) is 2. The van der Waals surface area contributed by atoms with Gasteiger partial charge in [0.05, 0.1) is 30.4 Å². The van der Waals surface area contributed by atoms with Gasteiger partial charge in [-0.05, 0) is 199 Å². The smallest absolute Gasteiger partial charge is 0.0834 e. The first-order valence-corrected chi connectivity index (χ1v) is 24.4. The third kappa shape index (κ3) is 6.12. The molecule has 4 heteroatoms. The molecule has 14 atom stereocenters. The first-order chi connectivity index (χ1) is 27.7. The van der Waals surface area contributed by atoms with Gasteiger partial charge in [-0.3, -0.25) is 10.6 Å². The lowest BCUT2D eigenvalue weighted by Gasteiger charge is -2.61. The zero-order valence-electron chi connectivity index (χ0n) is 34.4. The van der Waals surface area contributed by atoms with Crippen LogP contribution in [0.25, 0.3) is 0 Å². The van der Waals surface area contributed by atoms with E-state index in [-0.39, 0.29) is 17.4 Å². The quantitative estimate of drug-likeness (QED) is 0.281. The maximum absolute atomic E-state index is 10.8. The Kier molecular flexibility index (Phi) is 10.2. The molecule has 4 nitrogen and oxygen atoms in total. The Morgan fingerprint density at radius 3 is 2.20 bits per heavy atom. The van der Waals surface area contributed by atoms with Gasteiger partial charge >= 0.3 is 0 Å². The Balaban J connectivity index is 0.925. The van der Waals surface area contributed by atoms with Gasteiger partial charge in [-0.25, -0.2) is 0 Å². The van der Waals surface area contributed by atoms with Gasteiger partial charge in [-0.15, -0.1) is 0 Å². The molecule has 0 radical (unpaired) electrons. The molecule has 0 aromatic carbocycles. The van der Waals surface area contributed by atoms with E-state index in [1.807, 2.05) is 5.57 Å². The Morgan fingerprint density at radius 2 is 1.39 bits per heavy atom. The Bertz CT molecular complexity index is 1720. The van der Waals surface area contributed by atoms with Crippen LogP contribution >= 0.6 is 0 Å². The van der Waals surface area contributed by atoms with Gasteiger partial charge < -0.3 is 4.74 Å². The van der Waals surface area contributed by atoms with E-state index < -0.39 is 0 Å². The molecule has 2 heterocycles. The monoisotopic (exact) mass is 754 g/mol. The summed E-state index contributed by atoms with van der Waals surface area (Å²) in [4.78, 5) is 0. The number of ether oxygens (including phenoxy) is 1. The minimum Gasteiger partial charge on any atom is -0.370 e. The highest BCUT2D eigenvalue weighted by Gasteiger charge is 2.67. The van der Waals surface area contributed by atoms with Gasteiger partial charge in [0.2, 0.25) is 0 Å². The fraction of sp³-hybridized carbons (Fsp3) is 0.750. The van der Waals surface area contributed by atoms with Crippen molar-refractivity contribution in [1.29, 1.82) is 5.26 Å². The van der Waals surface area contributed by atoms with Crippen LogP contribution in [-0.2, 0) is 4.74 Å². The Hall–Kier alpha value is -2.19. The summed E-state index contributed by atoms with van der Waals surface area (Å²) in [7, 11) is 0. The van der Waals surface area contributed by atoms with Crippen molar-refractivity contribution in [2.24, 2.45) is 64.6 Å². The van der Waals surface area contributed by atoms with E-state index >= 15 is 0 Å². The lowest BCUT2D eigenvalue weighted by atomic mass is 9.48. The lowest BCUT2D eigenvalue weighted by Crippen LogP contribution is -2.65. The molecule has 11 rings (SSSR count). The molecule has 3 saturated carbocycles. The van der Waals surface area contributed by atoms with Crippen LogP contribution in [-0.4, -0.2) is 30.5 Å². The molecule has 56 heavy (non-hydrogen) atoms. The SMILES string of the molecule is N#CC1CC2=C(C3=C1CCCC3)C1CC(C3CC(C4CCC(C5CC=CCC5)CC4)NC(C4CC=CCC4)N3)CCC1C21C2C=CC=CC2OC2CCCCC21. The maximum atomic E-state index is 10.8. The molecular weight excluding hydrogens is 683 g/mol. The number of allylic oxidation sites excluding steroid dienone is 10. The van der Waals surface area contributed by atoms with E-state index in [2.05, 4.69) is 65.3 Å². The summed E-state index contributed by atoms with van der Waals surface area (Å²) in [5, 5.41) is 19.7. The first-order valence-electron chi connectivity index (χ1n) is 24.4. The van der Waals surface area contributed by atoms with Crippen molar-refractivity contribution in [2.45, 2.75) is 178 Å². The van der Waals surface area contributed by atoms with E-state index in [4.69, 9.17) is 4.74 Å². The van der Waals surface area contributed by atoms with Crippen molar-refractivity contribution in [1.82, 2.24) is 10.6 Å². The molecule has 300 valence electrons. The Morgan fingerprint density at radius 1 is 0.661 bits per heavy atom. The first kappa shape index (κ1) is 36.9. The van der Waals surface area contributed by atoms with E-state index in [0.29, 0.717) is 53.9 Å². The second-order valence-corrected chi connectivity index (χ2v) is 21.1. The molecule has 2 N–H and O–H groups in total. The molecule has 14 unspecified atom stereocenters. The second kappa shape index (κ2) is 15.4. The fourth-order valence-electron chi connectivity index (χ4n) is 16.5. The summed E-state index contributed by atoms with van der Waals surface area (Å²) in [6, 6.07) is 4.20. The summed E-state index contributed by atoms with van der Waals surface area (Å²) >= 11 is 0. The van der Waals surface area contributed by atoms with Crippen molar-refractivity contribution in [3.05, 3.63) is 70.9 Å². The lowest BCUT2D eigenvalue weighted by molar-refractivity contribution is -0.182. The minimum absolute atomic E-state index is 0.0881. The third-order valence-corrected chi connectivity index (χ3v) is 18.8. The second-order valence-electron chi connectivity index (χ2n) is 21.1. The number of rotatable bonds is 4. The molecule has 9 aliphatic carbocycles. The summed E-state index contributed by atoms with van der Waals surface area (Å²) in [5.41, 5.74) is 7.06. The normalized spacial score (nSPS) is 48.4. The predicted molar refractivity (Wildman–Crippen MR) is 226 cm³/mol. The topological polar surface area (TPSA) is 57.1 Å². The largest absolute Gasteiger partial charge is 0.370 e. The van der Waals surface area contributed by atoms with Gasteiger partial charge in [0.25, 0.3) is 0 Å². The zero-order chi connectivity index (χ0) is 37.2. The van der Waals surface area contributed by atoms with Gasteiger partial charge in [-0.2, -0.15) is 5.26 Å². The van der Waals surface area contributed by atoms with Crippen LogP contribution in [0.1, 0.15) is 148 Å². The highest BCUT2D eigenvalue weighted by atomic mass is 16.5. The van der Waals surface area contributed by atoms with Crippen LogP contribution in [0.15, 0.2) is 70.9 Å². The molecule has 2 saturated heterocycles. The van der Waals surface area contributed by atoms with Crippen LogP contribution in [0.5, 0.6) is 0 Å². The van der Waals surface area contributed by atoms with E-state index in [0.717, 1.165) is 36.5 Å². The number of hydrogen-bond donors (Lipinski definition) is 2. The molecular formula is C52H71N3O. The molecule has 0 amide bonds. The highest BCUT2D eigenvalue weighted by Crippen LogP contribution is 2.72. The average molecular weight is 754 g/mol. The standard InChI is InChI=1S/C52H71N3O/c53-32-38-30-45-50(40-18-8-7-17-39(38)40)41-29-37(27-28-42(41)52(45)43-19-9-11-21-48(43)56-49-22-12-10-20-44(49)52)47-31-46(54-51(55-47)36-15-5-2-6-16-36)35-25-23-34(24-26-35)33-13-3-1-4-14-33/h1-3,5,9,11,19,21,33-38,41-44,46-49,51,54-55H,4,6-8,10,12-18,20,22-31H2. The van der Waals surface area contributed by atoms with Crippen LogP contribution in [0.2, 0.25) is 0 Å². The van der Waals surface area contributed by atoms with Crippen LogP contribution < -0.4 is 10.6 Å². The van der Waals surface area contributed by atoms with Crippen molar-refractivity contribution in [3.63, 3.8) is 0 Å². The van der Waals surface area contributed by atoms with E-state index in [9.17, 15) is 5.26 Å². The number of nitriles is 1.